The second-order valence-electron chi connectivity index (χ2n) is 6.51. The van der Waals surface area contributed by atoms with E-state index < -0.39 is 0 Å². The fourth-order valence-corrected chi connectivity index (χ4v) is 4.17. The van der Waals surface area contributed by atoms with E-state index in [1.165, 1.54) is 0 Å². The first-order valence-corrected chi connectivity index (χ1v) is 9.74. The predicted octanol–water partition coefficient (Wildman–Crippen LogP) is 3.67. The van der Waals surface area contributed by atoms with Crippen LogP contribution in [-0.2, 0) is 4.79 Å². The number of aromatic nitrogens is 1. The second-order valence-corrected chi connectivity index (χ2v) is 7.38. The molecule has 0 radical (unpaired) electrons. The van der Waals surface area contributed by atoms with Crippen molar-refractivity contribution in [1.29, 1.82) is 0 Å². The molecule has 1 fully saturated rings. The van der Waals surface area contributed by atoms with Gasteiger partial charge in [-0.05, 0) is 17.5 Å². The summed E-state index contributed by atoms with van der Waals surface area (Å²) >= 11 is 1.64. The summed E-state index contributed by atoms with van der Waals surface area (Å²) in [5.41, 5.74) is 2.04. The van der Waals surface area contributed by atoms with Gasteiger partial charge in [0, 0.05) is 30.7 Å². The first-order chi connectivity index (χ1) is 12.8. The molecule has 26 heavy (non-hydrogen) atoms. The number of nitrogens with zero attached hydrogens (tertiary/aromatic N) is 2. The van der Waals surface area contributed by atoms with Gasteiger partial charge in [0.15, 0.2) is 5.13 Å². The molecule has 0 bridgehead atoms. The van der Waals surface area contributed by atoms with Gasteiger partial charge in [0.25, 0.3) is 0 Å². The number of amides is 1. The number of benzene rings is 2. The summed E-state index contributed by atoms with van der Waals surface area (Å²) in [5.74, 6) is -0.222. The van der Waals surface area contributed by atoms with Crippen LogP contribution in [0.1, 0.15) is 23.5 Å². The van der Waals surface area contributed by atoms with Gasteiger partial charge in [-0.15, -0.1) is 11.3 Å². The largest absolute Gasteiger partial charge is 0.351 e. The molecule has 1 saturated heterocycles. The van der Waals surface area contributed by atoms with E-state index in [9.17, 15) is 4.79 Å². The first kappa shape index (κ1) is 16.8. The van der Waals surface area contributed by atoms with E-state index in [1.54, 1.807) is 11.3 Å². The van der Waals surface area contributed by atoms with Crippen molar-refractivity contribution in [2.75, 3.05) is 18.0 Å². The molecule has 1 aromatic heterocycles. The molecule has 4 rings (SSSR count). The zero-order valence-corrected chi connectivity index (χ0v) is 15.2. The number of rotatable bonds is 5. The van der Waals surface area contributed by atoms with Crippen LogP contribution < -0.4 is 10.2 Å². The minimum atomic E-state index is -0.286. The van der Waals surface area contributed by atoms with E-state index in [0.29, 0.717) is 0 Å². The summed E-state index contributed by atoms with van der Waals surface area (Å²) in [4.78, 5) is 19.8. The number of hydrogen-bond donors (Lipinski definition) is 1. The van der Waals surface area contributed by atoms with Crippen LogP contribution in [0.5, 0.6) is 0 Å². The van der Waals surface area contributed by atoms with Crippen molar-refractivity contribution in [3.05, 3.63) is 83.4 Å². The van der Waals surface area contributed by atoms with E-state index in [2.05, 4.69) is 15.2 Å². The summed E-state index contributed by atoms with van der Waals surface area (Å²) in [6, 6.07) is 20.1. The average molecular weight is 363 g/mol. The molecule has 2 aromatic carbocycles. The first-order valence-electron chi connectivity index (χ1n) is 8.86. The van der Waals surface area contributed by atoms with Crippen LogP contribution in [-0.4, -0.2) is 30.0 Å². The lowest BCUT2D eigenvalue weighted by Gasteiger charge is -2.21. The van der Waals surface area contributed by atoms with Gasteiger partial charge in [-0.2, -0.15) is 0 Å². The predicted molar refractivity (Wildman–Crippen MR) is 106 cm³/mol. The maximum Gasteiger partial charge on any atom is 0.232 e. The number of hydrogen-bond acceptors (Lipinski definition) is 4. The Balaban J connectivity index is 1.51. The third kappa shape index (κ3) is 3.63. The van der Waals surface area contributed by atoms with Crippen molar-refractivity contribution < 1.29 is 4.79 Å². The SMILES string of the molecule is O=C(NC1CCN(c2nccs2)C1)C(c1ccccc1)c1ccccc1. The highest BCUT2D eigenvalue weighted by atomic mass is 32.1. The molecule has 2 heterocycles. The molecular weight excluding hydrogens is 342 g/mol. The standard InChI is InChI=1S/C21H21N3OS/c25-20(23-18-11-13-24(15-18)21-22-12-14-26-21)19(16-7-3-1-4-8-16)17-9-5-2-6-10-17/h1-10,12,14,18-19H,11,13,15H2,(H,23,25). The van der Waals surface area contributed by atoms with Crippen LogP contribution in [0.2, 0.25) is 0 Å². The lowest BCUT2D eigenvalue weighted by molar-refractivity contribution is -0.122. The Bertz CT molecular complexity index is 797. The van der Waals surface area contributed by atoms with Gasteiger partial charge in [0.2, 0.25) is 5.91 Å². The smallest absolute Gasteiger partial charge is 0.232 e. The normalized spacial score (nSPS) is 16.8. The highest BCUT2D eigenvalue weighted by Gasteiger charge is 2.29. The molecular formula is C21H21N3OS. The average Bonchev–Trinajstić information content (AvgIpc) is 3.35. The molecule has 1 atom stereocenters. The molecule has 0 saturated carbocycles. The highest BCUT2D eigenvalue weighted by molar-refractivity contribution is 7.13. The number of thiazole rings is 1. The molecule has 4 nitrogen and oxygen atoms in total. The third-order valence-corrected chi connectivity index (χ3v) is 5.58. The molecule has 1 unspecified atom stereocenters. The summed E-state index contributed by atoms with van der Waals surface area (Å²) < 4.78 is 0. The maximum absolute atomic E-state index is 13.2. The van der Waals surface area contributed by atoms with E-state index >= 15 is 0 Å². The van der Waals surface area contributed by atoms with Gasteiger partial charge in [-0.3, -0.25) is 4.79 Å². The summed E-state index contributed by atoms with van der Waals surface area (Å²) in [6.45, 7) is 1.75. The van der Waals surface area contributed by atoms with Crippen molar-refractivity contribution in [3.63, 3.8) is 0 Å². The Morgan fingerprint density at radius 2 is 1.73 bits per heavy atom. The molecule has 5 heteroatoms. The van der Waals surface area contributed by atoms with E-state index in [-0.39, 0.29) is 17.9 Å². The summed E-state index contributed by atoms with van der Waals surface area (Å²) in [7, 11) is 0. The Morgan fingerprint density at radius 3 is 2.31 bits per heavy atom. The quantitative estimate of drug-likeness (QED) is 0.752. The Hall–Kier alpha value is -2.66. The van der Waals surface area contributed by atoms with Crippen LogP contribution >= 0.6 is 11.3 Å². The monoisotopic (exact) mass is 363 g/mol. The topological polar surface area (TPSA) is 45.2 Å². The second kappa shape index (κ2) is 7.70. The fourth-order valence-electron chi connectivity index (χ4n) is 3.49. The lowest BCUT2D eigenvalue weighted by Crippen LogP contribution is -2.40. The Labute approximate surface area is 157 Å². The summed E-state index contributed by atoms with van der Waals surface area (Å²) in [6.07, 6.45) is 2.77. The molecule has 1 aliphatic rings. The van der Waals surface area contributed by atoms with Crippen LogP contribution in [0.15, 0.2) is 72.2 Å². The van der Waals surface area contributed by atoms with Crippen molar-refractivity contribution >= 4 is 22.4 Å². The van der Waals surface area contributed by atoms with Gasteiger partial charge >= 0.3 is 0 Å². The Kier molecular flexibility index (Phi) is 4.97. The van der Waals surface area contributed by atoms with Crippen molar-refractivity contribution in [2.24, 2.45) is 0 Å². The molecule has 1 N–H and O–H groups in total. The van der Waals surface area contributed by atoms with Crippen LogP contribution in [0.3, 0.4) is 0 Å². The molecule has 132 valence electrons. The van der Waals surface area contributed by atoms with Crippen molar-refractivity contribution in [2.45, 2.75) is 18.4 Å². The third-order valence-electron chi connectivity index (χ3n) is 4.75. The minimum Gasteiger partial charge on any atom is -0.351 e. The van der Waals surface area contributed by atoms with Gasteiger partial charge in [0.1, 0.15) is 0 Å². The van der Waals surface area contributed by atoms with Crippen LogP contribution in [0.4, 0.5) is 5.13 Å². The fraction of sp³-hybridized carbons (Fsp3) is 0.238. The van der Waals surface area contributed by atoms with Gasteiger partial charge in [-0.1, -0.05) is 60.7 Å². The zero-order valence-electron chi connectivity index (χ0n) is 14.4. The zero-order chi connectivity index (χ0) is 17.8. The molecule has 1 amide bonds. The Morgan fingerprint density at radius 1 is 1.08 bits per heavy atom. The van der Waals surface area contributed by atoms with Crippen LogP contribution in [0, 0.1) is 0 Å². The number of anilines is 1. The summed E-state index contributed by atoms with van der Waals surface area (Å²) in [5, 5.41) is 6.28. The number of nitrogens with one attached hydrogen (secondary N) is 1. The number of carbonyl (C=O) groups is 1. The molecule has 0 spiro atoms. The molecule has 3 aromatic rings. The lowest BCUT2D eigenvalue weighted by atomic mass is 9.90. The number of carbonyl (C=O) groups excluding carboxylic acids is 1. The van der Waals surface area contributed by atoms with E-state index in [4.69, 9.17) is 0 Å². The van der Waals surface area contributed by atoms with Gasteiger partial charge in [-0.25, -0.2) is 4.98 Å². The molecule has 1 aliphatic heterocycles. The van der Waals surface area contributed by atoms with Crippen molar-refractivity contribution in [3.8, 4) is 0 Å². The van der Waals surface area contributed by atoms with E-state index in [1.807, 2.05) is 72.2 Å². The van der Waals surface area contributed by atoms with Crippen molar-refractivity contribution in [1.82, 2.24) is 10.3 Å². The highest BCUT2D eigenvalue weighted by Crippen LogP contribution is 2.26. The van der Waals surface area contributed by atoms with E-state index in [0.717, 1.165) is 35.8 Å². The maximum atomic E-state index is 13.2. The minimum absolute atomic E-state index is 0.0633. The van der Waals surface area contributed by atoms with Crippen LogP contribution in [0.25, 0.3) is 0 Å². The molecule has 0 aliphatic carbocycles. The van der Waals surface area contributed by atoms with Gasteiger partial charge in [0.05, 0.1) is 5.92 Å². The van der Waals surface area contributed by atoms with Gasteiger partial charge < -0.3 is 10.2 Å².